The predicted octanol–water partition coefficient (Wildman–Crippen LogP) is 1.64. The van der Waals surface area contributed by atoms with Gasteiger partial charge in [0.05, 0.1) is 0 Å². The van der Waals surface area contributed by atoms with Crippen molar-refractivity contribution in [3.63, 3.8) is 0 Å². The fourth-order valence-corrected chi connectivity index (χ4v) is 1.12. The summed E-state index contributed by atoms with van der Waals surface area (Å²) < 4.78 is 27.8. The zero-order valence-electron chi connectivity index (χ0n) is 9.90. The van der Waals surface area contributed by atoms with Gasteiger partial charge in [-0.05, 0) is 22.0 Å². The third-order valence-electron chi connectivity index (χ3n) is 1.39. The molecule has 0 aromatic carbocycles. The molecule has 0 aliphatic heterocycles. The minimum Gasteiger partial charge on any atom is -0.566 e. The molecule has 0 saturated heterocycles. The Labute approximate surface area is 114 Å². The van der Waals surface area contributed by atoms with Crippen LogP contribution < -0.4 is 9.79 Å². The maximum absolute atomic E-state index is 9.69. The van der Waals surface area contributed by atoms with Gasteiger partial charge >= 0.3 is 33.0 Å². The van der Waals surface area contributed by atoms with Crippen LogP contribution in [0.25, 0.3) is 0 Å². The molecule has 0 aromatic heterocycles. The minimum atomic E-state index is -2.61. The topological polar surface area (TPSA) is 98.7 Å². The van der Waals surface area contributed by atoms with Crippen LogP contribution in [0.2, 0.25) is 0 Å². The first-order valence-corrected chi connectivity index (χ1v) is 7.28. The van der Waals surface area contributed by atoms with Crippen LogP contribution in [0, 0.1) is 0 Å². The van der Waals surface area contributed by atoms with Crippen molar-refractivity contribution in [3.8, 4) is 0 Å². The zero-order chi connectivity index (χ0) is 12.8. The van der Waals surface area contributed by atoms with Gasteiger partial charge < -0.3 is 9.79 Å². The van der Waals surface area contributed by atoms with E-state index in [2.05, 4.69) is 9.05 Å². The van der Waals surface area contributed by atoms with Crippen molar-refractivity contribution in [2.75, 3.05) is 13.2 Å². The van der Waals surface area contributed by atoms with E-state index in [-0.39, 0.29) is 16.5 Å². The predicted molar refractivity (Wildman–Crippen MR) is 56.9 cm³/mol. The summed E-state index contributed by atoms with van der Waals surface area (Å²) in [5.74, 6) is 0. The standard InChI is InChI=1S/2C4H9O3P.Ni/c2*1-2-3-4-7-8(5)6;/h2*2-4H2,1H3;/q;;+2. The number of rotatable bonds is 8. The molecule has 0 N–H and O–H groups in total. The first-order valence-electron chi connectivity index (χ1n) is 5.09. The fraction of sp³-hybridized carbons (Fsp3) is 1.00. The van der Waals surface area contributed by atoms with Gasteiger partial charge in [-0.15, -0.1) is 9.05 Å². The molecule has 0 heterocycles. The molecule has 0 saturated carbocycles. The summed E-state index contributed by atoms with van der Waals surface area (Å²) in [4.78, 5) is 19.4. The van der Waals surface area contributed by atoms with E-state index in [1.54, 1.807) is 0 Å². The van der Waals surface area contributed by atoms with E-state index in [9.17, 15) is 18.9 Å². The van der Waals surface area contributed by atoms with Crippen molar-refractivity contribution >= 4 is 16.5 Å². The van der Waals surface area contributed by atoms with Gasteiger partial charge in [-0.2, -0.15) is 0 Å². The van der Waals surface area contributed by atoms with E-state index in [0.717, 1.165) is 25.7 Å². The van der Waals surface area contributed by atoms with Gasteiger partial charge in [-0.3, -0.25) is 0 Å². The maximum Gasteiger partial charge on any atom is 2.00 e. The molecule has 2 atom stereocenters. The molecule has 0 spiro atoms. The van der Waals surface area contributed by atoms with Gasteiger partial charge in [-0.25, -0.2) is 0 Å². The van der Waals surface area contributed by atoms with Gasteiger partial charge in [-0.1, -0.05) is 26.7 Å². The van der Waals surface area contributed by atoms with Crippen LogP contribution in [0.15, 0.2) is 0 Å². The van der Waals surface area contributed by atoms with Gasteiger partial charge in [0.1, 0.15) is 13.2 Å². The summed E-state index contributed by atoms with van der Waals surface area (Å²) in [6.07, 6.45) is 3.54. The summed E-state index contributed by atoms with van der Waals surface area (Å²) in [5, 5.41) is 0. The quantitative estimate of drug-likeness (QED) is 0.381. The second kappa shape index (κ2) is 18.9. The third kappa shape index (κ3) is 31.5. The van der Waals surface area contributed by atoms with E-state index >= 15 is 0 Å². The molecule has 9 heteroatoms. The number of hydrogen-bond acceptors (Lipinski definition) is 6. The Bertz CT molecular complexity index is 173. The zero-order valence-corrected chi connectivity index (χ0v) is 12.7. The normalized spacial score (nSPS) is 10.8. The van der Waals surface area contributed by atoms with Crippen LogP contribution in [0.5, 0.6) is 0 Å². The summed E-state index contributed by atoms with van der Waals surface area (Å²) in [7, 11) is -5.22. The molecule has 0 amide bonds. The smallest absolute Gasteiger partial charge is 0.566 e. The monoisotopic (exact) mass is 330 g/mol. The summed E-state index contributed by atoms with van der Waals surface area (Å²) in [6, 6.07) is 0. The minimum absolute atomic E-state index is 0. The second-order valence-electron chi connectivity index (χ2n) is 2.82. The maximum atomic E-state index is 9.69. The SMILES string of the molecule is CCCCO[P+](=O)[O-].CCCCO[P+](=O)[O-].[Ni+2]. The molecule has 2 unspecified atom stereocenters. The van der Waals surface area contributed by atoms with E-state index in [4.69, 9.17) is 0 Å². The van der Waals surface area contributed by atoms with Crippen LogP contribution in [-0.2, 0) is 34.7 Å². The van der Waals surface area contributed by atoms with Crippen LogP contribution in [0.3, 0.4) is 0 Å². The van der Waals surface area contributed by atoms with Crippen LogP contribution in [0.4, 0.5) is 0 Å². The molecule has 0 aliphatic carbocycles. The van der Waals surface area contributed by atoms with E-state index < -0.39 is 16.5 Å². The van der Waals surface area contributed by atoms with Crippen molar-refractivity contribution in [2.45, 2.75) is 39.5 Å². The number of hydrogen-bond donors (Lipinski definition) is 0. The Morgan fingerprint density at radius 2 is 1.18 bits per heavy atom. The van der Waals surface area contributed by atoms with Crippen molar-refractivity contribution in [1.82, 2.24) is 0 Å². The molecule has 0 radical (unpaired) electrons. The van der Waals surface area contributed by atoms with E-state index in [0.29, 0.717) is 13.2 Å². The first kappa shape index (κ1) is 22.7. The van der Waals surface area contributed by atoms with Gasteiger partial charge in [0.25, 0.3) is 0 Å². The van der Waals surface area contributed by atoms with Gasteiger partial charge in [0, 0.05) is 0 Å². The molecule has 6 nitrogen and oxygen atoms in total. The Balaban J connectivity index is -0.000000218. The molecule has 0 aliphatic rings. The van der Waals surface area contributed by atoms with Gasteiger partial charge in [0.2, 0.25) is 0 Å². The molecule has 104 valence electrons. The van der Waals surface area contributed by atoms with E-state index in [1.807, 2.05) is 13.8 Å². The molecule has 0 bridgehead atoms. The van der Waals surface area contributed by atoms with Crippen molar-refractivity contribution in [3.05, 3.63) is 0 Å². The molecule has 0 fully saturated rings. The van der Waals surface area contributed by atoms with Crippen molar-refractivity contribution < 1.29 is 44.5 Å². The molecular formula is C8H18NiO6P2+2. The van der Waals surface area contributed by atoms with E-state index in [1.165, 1.54) is 0 Å². The average Bonchev–Trinajstić information content (AvgIpc) is 2.18. The van der Waals surface area contributed by atoms with Crippen LogP contribution in [-0.4, -0.2) is 13.2 Å². The molecular weight excluding hydrogens is 313 g/mol. The van der Waals surface area contributed by atoms with Crippen LogP contribution in [0.1, 0.15) is 39.5 Å². The van der Waals surface area contributed by atoms with Crippen molar-refractivity contribution in [1.29, 1.82) is 0 Å². The molecule has 0 aromatic rings. The largest absolute Gasteiger partial charge is 2.00 e. The Morgan fingerprint density at radius 3 is 1.35 bits per heavy atom. The molecule has 0 rings (SSSR count). The fourth-order valence-electron chi connectivity index (χ4n) is 0.567. The second-order valence-corrected chi connectivity index (χ2v) is 4.23. The Kier molecular flexibility index (Phi) is 25.2. The Hall–Kier alpha value is 0.534. The average molecular weight is 331 g/mol. The molecule has 17 heavy (non-hydrogen) atoms. The van der Waals surface area contributed by atoms with Crippen LogP contribution >= 0.6 is 16.5 Å². The van der Waals surface area contributed by atoms with Crippen molar-refractivity contribution in [2.24, 2.45) is 0 Å². The first-order chi connectivity index (χ1) is 7.54. The summed E-state index contributed by atoms with van der Waals surface area (Å²) >= 11 is 0. The Morgan fingerprint density at radius 1 is 0.882 bits per heavy atom. The summed E-state index contributed by atoms with van der Waals surface area (Å²) in [6.45, 7) is 4.60. The summed E-state index contributed by atoms with van der Waals surface area (Å²) in [5.41, 5.74) is 0. The van der Waals surface area contributed by atoms with Gasteiger partial charge in [0.15, 0.2) is 0 Å². The number of unbranched alkanes of at least 4 members (excludes halogenated alkanes) is 2. The third-order valence-corrected chi connectivity index (χ3v) is 2.18.